The van der Waals surface area contributed by atoms with Gasteiger partial charge in [-0.3, -0.25) is 9.36 Å². The van der Waals surface area contributed by atoms with Gasteiger partial charge in [-0.1, -0.05) is 6.07 Å². The molecule has 7 heteroatoms. The molecule has 1 aliphatic heterocycles. The molecule has 1 aliphatic rings. The summed E-state index contributed by atoms with van der Waals surface area (Å²) in [5.41, 5.74) is 3.59. The van der Waals surface area contributed by atoms with Crippen LogP contribution >= 0.6 is 11.3 Å². The van der Waals surface area contributed by atoms with Crippen molar-refractivity contribution in [3.63, 3.8) is 0 Å². The van der Waals surface area contributed by atoms with Gasteiger partial charge in [-0.15, -0.1) is 11.3 Å². The molecular weight excluding hydrogens is 346 g/mol. The highest BCUT2D eigenvalue weighted by molar-refractivity contribution is 7.11. The van der Waals surface area contributed by atoms with Gasteiger partial charge in [-0.25, -0.2) is 15.0 Å². The normalized spacial score (nSPS) is 17.5. The Hall–Kier alpha value is -2.54. The molecule has 1 fully saturated rings. The monoisotopic (exact) mass is 367 g/mol. The minimum atomic E-state index is 0.0938. The molecule has 0 N–H and O–H groups in total. The number of imidazole rings is 1. The molecule has 0 spiro atoms. The summed E-state index contributed by atoms with van der Waals surface area (Å²) in [7, 11) is 0. The third-order valence-corrected chi connectivity index (χ3v) is 5.81. The van der Waals surface area contributed by atoms with Crippen molar-refractivity contribution in [2.24, 2.45) is 0 Å². The number of piperidine rings is 1. The lowest BCUT2D eigenvalue weighted by molar-refractivity contribution is 0.0710. The van der Waals surface area contributed by atoms with E-state index in [0.29, 0.717) is 6.54 Å². The van der Waals surface area contributed by atoms with Gasteiger partial charge in [0, 0.05) is 37.1 Å². The second-order valence-electron chi connectivity index (χ2n) is 6.62. The number of hydrogen-bond donors (Lipinski definition) is 0. The first kappa shape index (κ1) is 16.9. The Morgan fingerprint density at radius 1 is 1.27 bits per heavy atom. The van der Waals surface area contributed by atoms with Crippen LogP contribution in [-0.4, -0.2) is 43.4 Å². The van der Waals surface area contributed by atoms with Crippen molar-refractivity contribution in [2.45, 2.75) is 32.6 Å². The lowest BCUT2D eigenvalue weighted by atomic mass is 9.94. The molecule has 134 valence electrons. The molecule has 1 amide bonds. The number of nitrogens with zero attached hydrogens (tertiary/aromatic N) is 5. The van der Waals surface area contributed by atoms with E-state index in [1.54, 1.807) is 11.7 Å². The summed E-state index contributed by atoms with van der Waals surface area (Å²) in [5.74, 6) is 2.14. The number of rotatable bonds is 3. The molecule has 3 aromatic rings. The smallest absolute Gasteiger partial charge is 0.265 e. The van der Waals surface area contributed by atoms with Crippen LogP contribution in [0.5, 0.6) is 0 Å². The molecular formula is C19H21N5OS. The van der Waals surface area contributed by atoms with Gasteiger partial charge in [-0.05, 0) is 38.8 Å². The number of amides is 1. The number of aromatic nitrogens is 4. The number of aryl methyl sites for hydroxylation is 2. The summed E-state index contributed by atoms with van der Waals surface area (Å²) in [6, 6.07) is 6.09. The van der Waals surface area contributed by atoms with Crippen LogP contribution in [0.15, 0.2) is 36.1 Å². The van der Waals surface area contributed by atoms with Crippen LogP contribution in [0.1, 0.15) is 45.6 Å². The van der Waals surface area contributed by atoms with Gasteiger partial charge in [0.25, 0.3) is 5.91 Å². The molecule has 1 atom stereocenters. The van der Waals surface area contributed by atoms with Crippen LogP contribution in [0, 0.1) is 13.8 Å². The molecule has 0 bridgehead atoms. The summed E-state index contributed by atoms with van der Waals surface area (Å²) in [4.78, 5) is 28.9. The summed E-state index contributed by atoms with van der Waals surface area (Å²) < 4.78 is 1.98. The quantitative estimate of drug-likeness (QED) is 0.712. The van der Waals surface area contributed by atoms with Crippen molar-refractivity contribution in [1.82, 2.24) is 24.4 Å². The number of pyridine rings is 1. The predicted octanol–water partition coefficient (Wildman–Crippen LogP) is 3.36. The second-order valence-corrected chi connectivity index (χ2v) is 7.48. The van der Waals surface area contributed by atoms with Crippen LogP contribution in [0.3, 0.4) is 0 Å². The molecule has 1 unspecified atom stereocenters. The van der Waals surface area contributed by atoms with Gasteiger partial charge in [0.05, 0.1) is 11.2 Å². The number of hydrogen-bond acceptors (Lipinski definition) is 5. The fraction of sp³-hybridized carbons (Fsp3) is 0.368. The maximum absolute atomic E-state index is 12.8. The first-order valence-corrected chi connectivity index (χ1v) is 9.68. The zero-order valence-corrected chi connectivity index (χ0v) is 15.7. The summed E-state index contributed by atoms with van der Waals surface area (Å²) in [5, 5.41) is 0. The Morgan fingerprint density at radius 3 is 2.88 bits per heavy atom. The van der Waals surface area contributed by atoms with Crippen LogP contribution in [0.25, 0.3) is 5.82 Å². The highest BCUT2D eigenvalue weighted by Crippen LogP contribution is 2.28. The van der Waals surface area contributed by atoms with Crippen LogP contribution < -0.4 is 0 Å². The van der Waals surface area contributed by atoms with E-state index in [4.69, 9.17) is 4.98 Å². The van der Waals surface area contributed by atoms with E-state index in [0.717, 1.165) is 47.3 Å². The Labute approximate surface area is 156 Å². The first-order chi connectivity index (χ1) is 12.6. The summed E-state index contributed by atoms with van der Waals surface area (Å²) in [6.07, 6.45) is 5.74. The zero-order valence-electron chi connectivity index (χ0n) is 14.9. The maximum Gasteiger partial charge on any atom is 0.265 e. The van der Waals surface area contributed by atoms with Crippen LogP contribution in [0.4, 0.5) is 0 Å². The van der Waals surface area contributed by atoms with Crippen LogP contribution in [0.2, 0.25) is 0 Å². The average molecular weight is 367 g/mol. The van der Waals surface area contributed by atoms with Gasteiger partial charge in [-0.2, -0.15) is 0 Å². The van der Waals surface area contributed by atoms with Gasteiger partial charge in [0.15, 0.2) is 0 Å². The molecule has 6 nitrogen and oxygen atoms in total. The first-order valence-electron chi connectivity index (χ1n) is 8.80. The minimum absolute atomic E-state index is 0.0938. The Kier molecular flexibility index (Phi) is 4.55. The molecule has 1 saturated heterocycles. The topological polar surface area (TPSA) is 63.9 Å². The van der Waals surface area contributed by atoms with E-state index in [1.165, 1.54) is 11.3 Å². The van der Waals surface area contributed by atoms with Gasteiger partial charge < -0.3 is 4.90 Å². The highest BCUT2D eigenvalue weighted by atomic mass is 32.1. The Balaban J connectivity index is 1.56. The zero-order chi connectivity index (χ0) is 18.1. The molecule has 0 saturated carbocycles. The molecule has 26 heavy (non-hydrogen) atoms. The summed E-state index contributed by atoms with van der Waals surface area (Å²) in [6.45, 7) is 5.36. The van der Waals surface area contributed by atoms with Crippen LogP contribution in [-0.2, 0) is 0 Å². The number of carbonyl (C=O) groups excluding carboxylic acids is 1. The van der Waals surface area contributed by atoms with Gasteiger partial charge in [0.2, 0.25) is 0 Å². The van der Waals surface area contributed by atoms with Gasteiger partial charge >= 0.3 is 0 Å². The molecule has 0 aliphatic carbocycles. The second kappa shape index (κ2) is 6.99. The van der Waals surface area contributed by atoms with Crippen molar-refractivity contribution in [3.05, 3.63) is 58.2 Å². The fourth-order valence-electron chi connectivity index (χ4n) is 3.48. The lowest BCUT2D eigenvalue weighted by Gasteiger charge is -2.32. The van der Waals surface area contributed by atoms with E-state index in [9.17, 15) is 4.79 Å². The van der Waals surface area contributed by atoms with E-state index >= 15 is 0 Å². The Morgan fingerprint density at radius 2 is 2.15 bits per heavy atom. The standard InChI is InChI=1S/C19H21N5OS/c1-13-18(26-12-21-13)19(25)23-9-4-5-15(11-23)16-6-3-7-17(22-16)24-10-8-20-14(24)2/h3,6-8,10,12,15H,4-5,9,11H2,1-2H3. The van der Waals surface area contributed by atoms with Crippen molar-refractivity contribution >= 4 is 17.2 Å². The number of thiazole rings is 1. The van der Waals surface area contributed by atoms with Crippen molar-refractivity contribution in [2.75, 3.05) is 13.1 Å². The van der Waals surface area contributed by atoms with E-state index < -0.39 is 0 Å². The largest absolute Gasteiger partial charge is 0.337 e. The average Bonchev–Trinajstić information content (AvgIpc) is 3.29. The highest BCUT2D eigenvalue weighted by Gasteiger charge is 2.28. The maximum atomic E-state index is 12.8. The molecule has 4 heterocycles. The minimum Gasteiger partial charge on any atom is -0.337 e. The van der Waals surface area contributed by atoms with E-state index in [1.807, 2.05) is 41.6 Å². The SMILES string of the molecule is Cc1ncsc1C(=O)N1CCCC(c2cccc(-n3ccnc3C)n2)C1. The summed E-state index contributed by atoms with van der Waals surface area (Å²) >= 11 is 1.42. The van der Waals surface area contributed by atoms with E-state index in [-0.39, 0.29) is 11.8 Å². The van der Waals surface area contributed by atoms with Crippen molar-refractivity contribution in [3.8, 4) is 5.82 Å². The van der Waals surface area contributed by atoms with Crippen molar-refractivity contribution in [1.29, 1.82) is 0 Å². The third kappa shape index (κ3) is 3.14. The third-order valence-electron chi connectivity index (χ3n) is 4.90. The molecule has 4 rings (SSSR count). The van der Waals surface area contributed by atoms with E-state index in [2.05, 4.69) is 16.0 Å². The number of likely N-dealkylation sites (tertiary alicyclic amines) is 1. The lowest BCUT2D eigenvalue weighted by Crippen LogP contribution is -2.39. The molecule has 0 radical (unpaired) electrons. The number of carbonyl (C=O) groups is 1. The predicted molar refractivity (Wildman–Crippen MR) is 101 cm³/mol. The fourth-order valence-corrected chi connectivity index (χ4v) is 4.24. The van der Waals surface area contributed by atoms with Gasteiger partial charge in [0.1, 0.15) is 16.5 Å². The van der Waals surface area contributed by atoms with Crippen molar-refractivity contribution < 1.29 is 4.79 Å². The Bertz CT molecular complexity index is 931. The molecule has 0 aromatic carbocycles. The molecule has 3 aromatic heterocycles.